The molecule has 2 aromatic rings. The van der Waals surface area contributed by atoms with Crippen LogP contribution in [-0.2, 0) is 13.0 Å². The van der Waals surface area contributed by atoms with Crippen LogP contribution in [0.25, 0.3) is 0 Å². The highest BCUT2D eigenvalue weighted by Crippen LogP contribution is 2.22. The normalized spacial score (nSPS) is 17.8. The summed E-state index contributed by atoms with van der Waals surface area (Å²) in [6.45, 7) is 10.7. The number of hydrogen-bond acceptors (Lipinski definition) is 2. The van der Waals surface area contributed by atoms with Crippen molar-refractivity contribution in [1.29, 1.82) is 0 Å². The molecule has 2 heterocycles. The molecule has 2 amide bonds. The average molecular weight is 369 g/mol. The second-order valence-electron chi connectivity index (χ2n) is 8.73. The van der Waals surface area contributed by atoms with Gasteiger partial charge >= 0.3 is 6.03 Å². The minimum absolute atomic E-state index is 0.0519. The van der Waals surface area contributed by atoms with Crippen LogP contribution in [0.2, 0.25) is 0 Å². The van der Waals surface area contributed by atoms with Gasteiger partial charge in [0, 0.05) is 43.5 Å². The monoisotopic (exact) mass is 368 g/mol. The van der Waals surface area contributed by atoms with Gasteiger partial charge in [0.15, 0.2) is 0 Å². The number of aromatic nitrogens is 2. The molecule has 0 radical (unpaired) electrons. The zero-order chi connectivity index (χ0) is 19.4. The standard InChI is InChI=1S/C22H32N4O/c1-17-14-23-20(26(17)16-18-9-6-5-7-10-18)13-19-11-8-12-25(15-19)21(27)24-22(2,3)4/h5-7,9-10,14,19H,8,11-13,15-16H2,1-4H3,(H,24,27). The maximum atomic E-state index is 12.5. The molecular formula is C22H32N4O. The molecule has 1 fully saturated rings. The quantitative estimate of drug-likeness (QED) is 0.887. The number of benzene rings is 1. The molecule has 1 aliphatic rings. The third-order valence-corrected chi connectivity index (χ3v) is 5.08. The lowest BCUT2D eigenvalue weighted by molar-refractivity contribution is 0.157. The number of piperidine rings is 1. The molecule has 1 saturated heterocycles. The Labute approximate surface area is 162 Å². The van der Waals surface area contributed by atoms with Crippen LogP contribution in [0.1, 0.15) is 50.7 Å². The Morgan fingerprint density at radius 3 is 2.70 bits per heavy atom. The predicted molar refractivity (Wildman–Crippen MR) is 109 cm³/mol. The van der Waals surface area contributed by atoms with E-state index in [4.69, 9.17) is 0 Å². The first-order chi connectivity index (χ1) is 12.8. The Kier molecular flexibility index (Phi) is 5.88. The second kappa shape index (κ2) is 8.15. The van der Waals surface area contributed by atoms with E-state index in [0.29, 0.717) is 5.92 Å². The molecule has 1 N–H and O–H groups in total. The smallest absolute Gasteiger partial charge is 0.317 e. The first kappa shape index (κ1) is 19.5. The van der Waals surface area contributed by atoms with E-state index in [2.05, 4.69) is 46.1 Å². The molecule has 3 rings (SSSR count). The highest BCUT2D eigenvalue weighted by molar-refractivity contribution is 5.75. The van der Waals surface area contributed by atoms with E-state index in [0.717, 1.165) is 44.7 Å². The van der Waals surface area contributed by atoms with Gasteiger partial charge in [0.05, 0.1) is 0 Å². The number of aryl methyl sites for hydroxylation is 1. The van der Waals surface area contributed by atoms with E-state index in [1.165, 1.54) is 11.3 Å². The van der Waals surface area contributed by atoms with E-state index in [1.807, 2.05) is 37.9 Å². The van der Waals surface area contributed by atoms with Gasteiger partial charge in [0.2, 0.25) is 0 Å². The van der Waals surface area contributed by atoms with Crippen molar-refractivity contribution >= 4 is 6.03 Å². The zero-order valence-corrected chi connectivity index (χ0v) is 17.0. The predicted octanol–water partition coefficient (Wildman–Crippen LogP) is 4.00. The number of nitrogens with zero attached hydrogens (tertiary/aromatic N) is 3. The van der Waals surface area contributed by atoms with E-state index >= 15 is 0 Å². The summed E-state index contributed by atoms with van der Waals surface area (Å²) >= 11 is 0. The summed E-state index contributed by atoms with van der Waals surface area (Å²) in [6.07, 6.45) is 5.09. The van der Waals surface area contributed by atoms with Gasteiger partial charge in [-0.1, -0.05) is 30.3 Å². The van der Waals surface area contributed by atoms with Crippen LogP contribution in [-0.4, -0.2) is 39.1 Å². The van der Waals surface area contributed by atoms with Crippen molar-refractivity contribution in [1.82, 2.24) is 19.8 Å². The highest BCUT2D eigenvalue weighted by atomic mass is 16.2. The van der Waals surface area contributed by atoms with Crippen LogP contribution in [0.3, 0.4) is 0 Å². The third-order valence-electron chi connectivity index (χ3n) is 5.08. The molecule has 1 aliphatic heterocycles. The van der Waals surface area contributed by atoms with Crippen LogP contribution in [0.4, 0.5) is 4.79 Å². The molecule has 0 bridgehead atoms. The van der Waals surface area contributed by atoms with Crippen molar-refractivity contribution in [3.63, 3.8) is 0 Å². The lowest BCUT2D eigenvalue weighted by Crippen LogP contribution is -2.51. The number of carbonyl (C=O) groups excluding carboxylic acids is 1. The Morgan fingerprint density at radius 1 is 1.26 bits per heavy atom. The molecule has 0 spiro atoms. The number of urea groups is 1. The Morgan fingerprint density at radius 2 is 2.00 bits per heavy atom. The molecular weight excluding hydrogens is 336 g/mol. The van der Waals surface area contributed by atoms with Gasteiger partial charge < -0.3 is 14.8 Å². The lowest BCUT2D eigenvalue weighted by atomic mass is 9.94. The molecule has 27 heavy (non-hydrogen) atoms. The molecule has 1 unspecified atom stereocenters. The summed E-state index contributed by atoms with van der Waals surface area (Å²) in [6, 6.07) is 10.6. The topological polar surface area (TPSA) is 50.2 Å². The molecule has 1 aromatic heterocycles. The van der Waals surface area contributed by atoms with Gasteiger partial charge in [0.1, 0.15) is 5.82 Å². The Balaban J connectivity index is 1.66. The van der Waals surface area contributed by atoms with Gasteiger partial charge in [-0.3, -0.25) is 0 Å². The van der Waals surface area contributed by atoms with E-state index < -0.39 is 0 Å². The molecule has 1 aromatic carbocycles. The summed E-state index contributed by atoms with van der Waals surface area (Å²) in [5, 5.41) is 3.09. The van der Waals surface area contributed by atoms with Gasteiger partial charge in [0.25, 0.3) is 0 Å². The van der Waals surface area contributed by atoms with Crippen molar-refractivity contribution in [3.8, 4) is 0 Å². The number of likely N-dealkylation sites (tertiary alicyclic amines) is 1. The maximum Gasteiger partial charge on any atom is 0.317 e. The summed E-state index contributed by atoms with van der Waals surface area (Å²) in [4.78, 5) is 19.2. The van der Waals surface area contributed by atoms with E-state index in [1.54, 1.807) is 0 Å². The zero-order valence-electron chi connectivity index (χ0n) is 17.0. The number of carbonyl (C=O) groups is 1. The van der Waals surface area contributed by atoms with E-state index in [9.17, 15) is 4.79 Å². The van der Waals surface area contributed by atoms with Gasteiger partial charge in [-0.05, 0) is 52.0 Å². The van der Waals surface area contributed by atoms with E-state index in [-0.39, 0.29) is 11.6 Å². The van der Waals surface area contributed by atoms with Crippen LogP contribution in [0.5, 0.6) is 0 Å². The van der Waals surface area contributed by atoms with Crippen molar-refractivity contribution in [2.24, 2.45) is 5.92 Å². The largest absolute Gasteiger partial charge is 0.333 e. The van der Waals surface area contributed by atoms with Gasteiger partial charge in [-0.2, -0.15) is 0 Å². The average Bonchev–Trinajstić information content (AvgIpc) is 2.95. The maximum absolute atomic E-state index is 12.5. The van der Waals surface area contributed by atoms with Crippen molar-refractivity contribution in [3.05, 3.63) is 53.6 Å². The van der Waals surface area contributed by atoms with Crippen LogP contribution < -0.4 is 5.32 Å². The number of amides is 2. The minimum Gasteiger partial charge on any atom is -0.333 e. The van der Waals surface area contributed by atoms with Crippen molar-refractivity contribution in [2.45, 2.75) is 59.0 Å². The molecule has 146 valence electrons. The molecule has 0 aliphatic carbocycles. The van der Waals surface area contributed by atoms with Crippen molar-refractivity contribution in [2.75, 3.05) is 13.1 Å². The van der Waals surface area contributed by atoms with Crippen LogP contribution in [0.15, 0.2) is 36.5 Å². The Hall–Kier alpha value is -2.30. The fourth-order valence-electron chi connectivity index (χ4n) is 3.73. The Bertz CT molecular complexity index is 760. The summed E-state index contributed by atoms with van der Waals surface area (Å²) in [7, 11) is 0. The third kappa shape index (κ3) is 5.34. The first-order valence-electron chi connectivity index (χ1n) is 9.94. The first-order valence-corrected chi connectivity index (χ1v) is 9.94. The van der Waals surface area contributed by atoms with Gasteiger partial charge in [-0.25, -0.2) is 9.78 Å². The molecule has 0 saturated carbocycles. The van der Waals surface area contributed by atoms with Crippen LogP contribution >= 0.6 is 0 Å². The molecule has 5 heteroatoms. The number of nitrogens with one attached hydrogen (secondary N) is 1. The summed E-state index contributed by atoms with van der Waals surface area (Å²) in [5.41, 5.74) is 2.27. The van der Waals surface area contributed by atoms with Gasteiger partial charge in [-0.15, -0.1) is 0 Å². The summed E-state index contributed by atoms with van der Waals surface area (Å²) in [5.74, 6) is 1.58. The number of hydrogen-bond donors (Lipinski definition) is 1. The number of rotatable bonds is 4. The highest BCUT2D eigenvalue weighted by Gasteiger charge is 2.27. The second-order valence-corrected chi connectivity index (χ2v) is 8.73. The minimum atomic E-state index is -0.201. The van der Waals surface area contributed by atoms with Crippen LogP contribution in [0, 0.1) is 12.8 Å². The summed E-state index contributed by atoms with van der Waals surface area (Å²) < 4.78 is 2.31. The molecule has 1 atom stereocenters. The fraction of sp³-hybridized carbons (Fsp3) is 0.545. The van der Waals surface area contributed by atoms with Crippen molar-refractivity contribution < 1.29 is 4.79 Å². The SMILES string of the molecule is Cc1cnc(CC2CCCN(C(=O)NC(C)(C)C)C2)n1Cc1ccccc1. The lowest BCUT2D eigenvalue weighted by Gasteiger charge is -2.35. The fourth-order valence-corrected chi connectivity index (χ4v) is 3.73. The number of imidazole rings is 1. The molecule has 5 nitrogen and oxygen atoms in total.